The molecule has 0 aromatic heterocycles. The van der Waals surface area contributed by atoms with Crippen LogP contribution in [0.4, 0.5) is 0 Å². The van der Waals surface area contributed by atoms with E-state index in [0.717, 1.165) is 0 Å². The van der Waals surface area contributed by atoms with Crippen LogP contribution in [0.25, 0.3) is 11.1 Å². The Bertz CT molecular complexity index is 1020. The molecule has 154 valence electrons. The Morgan fingerprint density at radius 3 is 1.37 bits per heavy atom. The van der Waals surface area contributed by atoms with Crippen LogP contribution in [0.15, 0.2) is 48.5 Å². The van der Waals surface area contributed by atoms with E-state index in [1.165, 1.54) is 49.9 Å². The molecule has 0 saturated heterocycles. The molecule has 0 amide bonds. The summed E-state index contributed by atoms with van der Waals surface area (Å²) in [5.41, 5.74) is 14.5. The molecule has 1 heterocycles. The lowest BCUT2D eigenvalue weighted by Gasteiger charge is -2.26. The first kappa shape index (κ1) is 21.0. The van der Waals surface area contributed by atoms with E-state index in [1.54, 1.807) is 5.46 Å². The van der Waals surface area contributed by atoms with Crippen LogP contribution in [0.5, 0.6) is 0 Å². The molecule has 1 aliphatic heterocycles. The first-order valence-electron chi connectivity index (χ1n) is 11.6. The van der Waals surface area contributed by atoms with Gasteiger partial charge in [0.2, 0.25) is 6.71 Å². The van der Waals surface area contributed by atoms with Crippen molar-refractivity contribution in [3.05, 3.63) is 76.3 Å². The molecule has 4 rings (SSSR count). The smallest absolute Gasteiger partial charge is 0.0661 e. The largest absolute Gasteiger partial charge is 0.243 e. The van der Waals surface area contributed by atoms with E-state index in [-0.39, 0.29) is 0 Å². The van der Waals surface area contributed by atoms with Gasteiger partial charge in [0.05, 0.1) is 0 Å². The molecule has 0 bridgehead atoms. The molecule has 3 aromatic rings. The van der Waals surface area contributed by atoms with Crippen LogP contribution in [0.2, 0.25) is 0 Å². The second-order valence-corrected chi connectivity index (χ2v) is 10.2. The van der Waals surface area contributed by atoms with E-state index in [0.29, 0.717) is 24.5 Å². The van der Waals surface area contributed by atoms with Gasteiger partial charge in [-0.15, -0.1) is 0 Å². The van der Waals surface area contributed by atoms with Gasteiger partial charge in [-0.3, -0.25) is 0 Å². The van der Waals surface area contributed by atoms with Crippen molar-refractivity contribution in [1.29, 1.82) is 0 Å². The van der Waals surface area contributed by atoms with E-state index in [1.807, 2.05) is 0 Å². The Morgan fingerprint density at radius 1 is 0.567 bits per heavy atom. The van der Waals surface area contributed by atoms with Crippen LogP contribution < -0.4 is 16.4 Å². The average Bonchev–Trinajstić information content (AvgIpc) is 2.99. The van der Waals surface area contributed by atoms with Gasteiger partial charge in [-0.2, -0.15) is 0 Å². The molecule has 0 nitrogen and oxygen atoms in total. The van der Waals surface area contributed by atoms with Gasteiger partial charge in [-0.25, -0.2) is 0 Å². The first-order chi connectivity index (χ1) is 14.2. The zero-order valence-corrected chi connectivity index (χ0v) is 19.9. The van der Waals surface area contributed by atoms with Crippen molar-refractivity contribution in [2.24, 2.45) is 0 Å². The molecule has 0 fully saturated rings. The van der Waals surface area contributed by atoms with Gasteiger partial charge in [-0.05, 0) is 59.4 Å². The fourth-order valence-electron chi connectivity index (χ4n) is 5.13. The Morgan fingerprint density at radius 2 is 1.00 bits per heavy atom. The van der Waals surface area contributed by atoms with E-state index >= 15 is 0 Å². The van der Waals surface area contributed by atoms with Crippen molar-refractivity contribution in [2.75, 3.05) is 0 Å². The predicted octanol–water partition coefficient (Wildman–Crippen LogP) is 6.17. The van der Waals surface area contributed by atoms with Gasteiger partial charge < -0.3 is 0 Å². The predicted molar refractivity (Wildman–Crippen MR) is 135 cm³/mol. The quantitative estimate of drug-likeness (QED) is 0.363. The lowest BCUT2D eigenvalue weighted by Crippen LogP contribution is -2.52. The highest BCUT2D eigenvalue weighted by molar-refractivity contribution is 6.99. The molecule has 0 radical (unpaired) electrons. The fraction of sp³-hybridized carbons (Fsp3) is 0.379. The number of fused-ring (bicyclic) bond motifs is 3. The molecule has 0 aliphatic carbocycles. The van der Waals surface area contributed by atoms with E-state index < -0.39 is 0 Å². The van der Waals surface area contributed by atoms with Crippen molar-refractivity contribution < 1.29 is 0 Å². The molecule has 0 atom stereocenters. The van der Waals surface area contributed by atoms with E-state index in [2.05, 4.69) is 104 Å². The van der Waals surface area contributed by atoms with Gasteiger partial charge in [-0.1, -0.05) is 118 Å². The molecule has 3 aromatic carbocycles. The molecule has 1 heteroatoms. The molecule has 30 heavy (non-hydrogen) atoms. The summed E-state index contributed by atoms with van der Waals surface area (Å²) >= 11 is 0. The standard InChI is InChI=1S/C29H35B/c1-17(2)22-15-23(18(3)4)29(24(16-22)19(5)6)30-27-11-9-20(7)13-25(27)26-14-21(8)10-12-28(26)30/h9-19H,1-8H3. The third-order valence-corrected chi connectivity index (χ3v) is 6.80. The molecule has 0 spiro atoms. The highest BCUT2D eigenvalue weighted by Gasteiger charge is 2.37. The summed E-state index contributed by atoms with van der Waals surface area (Å²) in [5.74, 6) is 1.54. The highest BCUT2D eigenvalue weighted by atomic mass is 14.2. The highest BCUT2D eigenvalue weighted by Crippen LogP contribution is 2.30. The maximum atomic E-state index is 2.50. The van der Waals surface area contributed by atoms with Gasteiger partial charge in [0.1, 0.15) is 0 Å². The number of hydrogen-bond donors (Lipinski definition) is 0. The summed E-state index contributed by atoms with van der Waals surface area (Å²) in [6, 6.07) is 19.1. The molecule has 1 aliphatic rings. The number of hydrogen-bond acceptors (Lipinski definition) is 0. The molecule has 0 saturated carbocycles. The van der Waals surface area contributed by atoms with Crippen molar-refractivity contribution in [3.8, 4) is 11.1 Å². The maximum Gasteiger partial charge on any atom is 0.243 e. The molecular formula is C29H35B. The average molecular weight is 394 g/mol. The van der Waals surface area contributed by atoms with Crippen LogP contribution in [-0.2, 0) is 0 Å². The van der Waals surface area contributed by atoms with Crippen LogP contribution >= 0.6 is 0 Å². The third-order valence-electron chi connectivity index (χ3n) is 6.80. The lowest BCUT2D eigenvalue weighted by atomic mass is 9.36. The number of benzene rings is 3. The van der Waals surface area contributed by atoms with Crippen molar-refractivity contribution >= 4 is 23.1 Å². The summed E-state index contributed by atoms with van der Waals surface area (Å²) in [7, 11) is 0. The summed E-state index contributed by atoms with van der Waals surface area (Å²) in [5, 5.41) is 0. The Balaban J connectivity index is 2.08. The Hall–Kier alpha value is -2.28. The number of rotatable bonds is 4. The third kappa shape index (κ3) is 3.43. The molecular weight excluding hydrogens is 359 g/mol. The zero-order chi connectivity index (χ0) is 21.7. The summed E-state index contributed by atoms with van der Waals surface area (Å²) in [6.45, 7) is 18.8. The normalized spacial score (nSPS) is 12.8. The van der Waals surface area contributed by atoms with Gasteiger partial charge in [0.15, 0.2) is 0 Å². The minimum absolute atomic E-state index is 0.326. The summed E-state index contributed by atoms with van der Waals surface area (Å²) < 4.78 is 0. The molecule has 0 N–H and O–H groups in total. The van der Waals surface area contributed by atoms with Gasteiger partial charge in [0.25, 0.3) is 0 Å². The van der Waals surface area contributed by atoms with E-state index in [9.17, 15) is 0 Å². The van der Waals surface area contributed by atoms with Gasteiger partial charge in [0, 0.05) is 0 Å². The Kier molecular flexibility index (Phi) is 5.43. The molecule has 0 unspecified atom stereocenters. The SMILES string of the molecule is Cc1ccc2c(c1)-c1cc(C)ccc1B2c1c(C(C)C)cc(C(C)C)cc1C(C)C. The monoisotopic (exact) mass is 394 g/mol. The summed E-state index contributed by atoms with van der Waals surface area (Å²) in [4.78, 5) is 0. The Labute approximate surface area is 183 Å². The minimum Gasteiger partial charge on any atom is -0.0661 e. The number of aryl methyl sites for hydroxylation is 2. The van der Waals surface area contributed by atoms with Crippen LogP contribution in [0.3, 0.4) is 0 Å². The second kappa shape index (κ2) is 7.76. The van der Waals surface area contributed by atoms with Crippen LogP contribution in [-0.4, -0.2) is 6.71 Å². The van der Waals surface area contributed by atoms with Crippen molar-refractivity contribution in [3.63, 3.8) is 0 Å². The van der Waals surface area contributed by atoms with Crippen molar-refractivity contribution in [2.45, 2.75) is 73.1 Å². The second-order valence-electron chi connectivity index (χ2n) is 10.2. The van der Waals surface area contributed by atoms with Gasteiger partial charge >= 0.3 is 0 Å². The zero-order valence-electron chi connectivity index (χ0n) is 19.9. The van der Waals surface area contributed by atoms with Crippen molar-refractivity contribution in [1.82, 2.24) is 0 Å². The minimum atomic E-state index is 0.326. The first-order valence-corrected chi connectivity index (χ1v) is 11.6. The lowest BCUT2D eigenvalue weighted by molar-refractivity contribution is 0.812. The van der Waals surface area contributed by atoms with E-state index in [4.69, 9.17) is 0 Å². The van der Waals surface area contributed by atoms with Crippen LogP contribution in [0.1, 0.15) is 87.1 Å². The van der Waals surface area contributed by atoms with Crippen LogP contribution in [0, 0.1) is 13.8 Å². The fourth-order valence-corrected chi connectivity index (χ4v) is 5.13. The summed E-state index contributed by atoms with van der Waals surface area (Å²) in [6.07, 6.45) is 0. The maximum absolute atomic E-state index is 2.50. The topological polar surface area (TPSA) is 0 Å².